The summed E-state index contributed by atoms with van der Waals surface area (Å²) in [6.07, 6.45) is 0. The minimum absolute atomic E-state index is 0.0349. The lowest BCUT2D eigenvalue weighted by atomic mass is 10.1. The number of thioether (sulfide) groups is 1. The summed E-state index contributed by atoms with van der Waals surface area (Å²) in [5.74, 6) is -0.327. The van der Waals surface area contributed by atoms with E-state index in [9.17, 15) is 4.79 Å². The average Bonchev–Trinajstić information content (AvgIpc) is 2.75. The van der Waals surface area contributed by atoms with E-state index in [1.165, 1.54) is 17.3 Å². The molecule has 1 aromatic heterocycles. The number of carboxylic acids is 1. The van der Waals surface area contributed by atoms with Crippen molar-refractivity contribution in [3.63, 3.8) is 0 Å². The fraction of sp³-hybridized carbons (Fsp3) is 0.467. The number of fused-ring (bicyclic) bond motifs is 1. The fourth-order valence-electron chi connectivity index (χ4n) is 2.20. The van der Waals surface area contributed by atoms with Crippen molar-refractivity contribution >= 4 is 28.8 Å². The molecule has 0 aliphatic carbocycles. The lowest BCUT2D eigenvalue weighted by Crippen LogP contribution is -2.13. The van der Waals surface area contributed by atoms with Crippen LogP contribution in [0.25, 0.3) is 11.0 Å². The number of aryl methyl sites for hydroxylation is 1. The van der Waals surface area contributed by atoms with Crippen molar-refractivity contribution < 1.29 is 9.90 Å². The Kier molecular flexibility index (Phi) is 4.38. The van der Waals surface area contributed by atoms with E-state index in [0.717, 1.165) is 16.2 Å². The van der Waals surface area contributed by atoms with Gasteiger partial charge >= 0.3 is 5.97 Å². The number of aromatic nitrogens is 2. The van der Waals surface area contributed by atoms with Gasteiger partial charge in [0.25, 0.3) is 0 Å². The van der Waals surface area contributed by atoms with Gasteiger partial charge in [-0.2, -0.15) is 0 Å². The van der Waals surface area contributed by atoms with Crippen molar-refractivity contribution in [1.82, 2.24) is 9.55 Å². The van der Waals surface area contributed by atoms with E-state index >= 15 is 0 Å². The third kappa shape index (κ3) is 2.82. The van der Waals surface area contributed by atoms with Crippen LogP contribution in [0.15, 0.2) is 23.4 Å². The van der Waals surface area contributed by atoms with Crippen molar-refractivity contribution in [2.75, 3.05) is 5.75 Å². The summed E-state index contributed by atoms with van der Waals surface area (Å²) in [4.78, 5) is 15.4. The molecular weight excluding hydrogens is 272 g/mol. The summed E-state index contributed by atoms with van der Waals surface area (Å²) in [7, 11) is 0. The SMILES string of the molecule is Cc1cccc2nc(SCC(=O)O)n(C(C)C(C)C)c12. The number of nitrogens with zero attached hydrogens (tertiary/aromatic N) is 2. The number of aliphatic carboxylic acids is 1. The summed E-state index contributed by atoms with van der Waals surface area (Å²) >= 11 is 1.29. The van der Waals surface area contributed by atoms with Gasteiger partial charge in [-0.25, -0.2) is 4.98 Å². The van der Waals surface area contributed by atoms with Gasteiger partial charge in [-0.3, -0.25) is 4.79 Å². The number of para-hydroxylation sites is 1. The Hall–Kier alpha value is -1.49. The van der Waals surface area contributed by atoms with Gasteiger partial charge in [-0.05, 0) is 31.4 Å². The van der Waals surface area contributed by atoms with Crippen molar-refractivity contribution in [2.45, 2.75) is 38.9 Å². The first-order chi connectivity index (χ1) is 9.41. The molecule has 0 amide bonds. The molecular formula is C15H20N2O2S. The molecule has 5 heteroatoms. The topological polar surface area (TPSA) is 55.1 Å². The molecule has 1 unspecified atom stereocenters. The number of benzene rings is 1. The van der Waals surface area contributed by atoms with Gasteiger partial charge in [0.15, 0.2) is 5.16 Å². The maximum absolute atomic E-state index is 10.8. The van der Waals surface area contributed by atoms with Crippen molar-refractivity contribution in [3.05, 3.63) is 23.8 Å². The lowest BCUT2D eigenvalue weighted by molar-refractivity contribution is -0.133. The Bertz CT molecular complexity index is 634. The number of hydrogen-bond donors (Lipinski definition) is 1. The van der Waals surface area contributed by atoms with Gasteiger partial charge in [0.2, 0.25) is 0 Å². The molecule has 1 aromatic carbocycles. The zero-order chi connectivity index (χ0) is 14.9. The van der Waals surface area contributed by atoms with Crippen LogP contribution in [0.2, 0.25) is 0 Å². The second-order valence-corrected chi connectivity index (χ2v) is 6.32. The highest BCUT2D eigenvalue weighted by Gasteiger charge is 2.20. The molecule has 0 saturated carbocycles. The number of imidazole rings is 1. The predicted octanol–water partition coefficient (Wildman–Crippen LogP) is 3.74. The Labute approximate surface area is 123 Å². The number of carbonyl (C=O) groups is 1. The summed E-state index contributed by atoms with van der Waals surface area (Å²) < 4.78 is 2.18. The lowest BCUT2D eigenvalue weighted by Gasteiger charge is -2.21. The summed E-state index contributed by atoms with van der Waals surface area (Å²) in [6.45, 7) is 8.56. The molecule has 108 valence electrons. The van der Waals surface area contributed by atoms with Crippen molar-refractivity contribution in [1.29, 1.82) is 0 Å². The molecule has 1 atom stereocenters. The van der Waals surface area contributed by atoms with Crippen LogP contribution in [0.1, 0.15) is 32.4 Å². The molecule has 20 heavy (non-hydrogen) atoms. The Morgan fingerprint density at radius 3 is 2.70 bits per heavy atom. The second-order valence-electron chi connectivity index (χ2n) is 5.37. The molecule has 0 fully saturated rings. The van der Waals surface area contributed by atoms with Crippen LogP contribution in [0.5, 0.6) is 0 Å². The first kappa shape index (κ1) is 14.9. The minimum Gasteiger partial charge on any atom is -0.481 e. The maximum atomic E-state index is 10.8. The molecule has 1 heterocycles. The van der Waals surface area contributed by atoms with E-state index in [1.54, 1.807) is 0 Å². The first-order valence-corrected chi connectivity index (χ1v) is 7.72. The van der Waals surface area contributed by atoms with Gasteiger partial charge < -0.3 is 9.67 Å². The Balaban J connectivity index is 2.58. The van der Waals surface area contributed by atoms with Gasteiger partial charge in [0.1, 0.15) is 0 Å². The monoisotopic (exact) mass is 292 g/mol. The van der Waals surface area contributed by atoms with Crippen LogP contribution >= 0.6 is 11.8 Å². The van der Waals surface area contributed by atoms with E-state index < -0.39 is 5.97 Å². The first-order valence-electron chi connectivity index (χ1n) is 6.74. The van der Waals surface area contributed by atoms with Gasteiger partial charge in [-0.15, -0.1) is 0 Å². The quantitative estimate of drug-likeness (QED) is 0.853. The highest BCUT2D eigenvalue weighted by molar-refractivity contribution is 7.99. The number of rotatable bonds is 5. The average molecular weight is 292 g/mol. The third-order valence-corrected chi connectivity index (χ3v) is 4.51. The molecule has 1 N–H and O–H groups in total. The predicted molar refractivity (Wildman–Crippen MR) is 82.4 cm³/mol. The zero-order valence-corrected chi connectivity index (χ0v) is 13.1. The van der Waals surface area contributed by atoms with Gasteiger partial charge in [0.05, 0.1) is 16.8 Å². The standard InChI is InChI=1S/C15H20N2O2S/c1-9(2)11(4)17-14-10(3)6-5-7-12(14)16-15(17)20-8-13(18)19/h5-7,9,11H,8H2,1-4H3,(H,18,19). The molecule has 0 bridgehead atoms. The van der Waals surface area contributed by atoms with Gasteiger partial charge in [-0.1, -0.05) is 37.7 Å². The van der Waals surface area contributed by atoms with Crippen LogP contribution in [-0.2, 0) is 4.79 Å². The van der Waals surface area contributed by atoms with E-state index in [1.807, 2.05) is 12.1 Å². The fourth-order valence-corrected chi connectivity index (χ4v) is 3.02. The van der Waals surface area contributed by atoms with E-state index in [2.05, 4.69) is 43.3 Å². The highest BCUT2D eigenvalue weighted by Crippen LogP contribution is 2.32. The third-order valence-electron chi connectivity index (χ3n) is 3.58. The molecule has 4 nitrogen and oxygen atoms in total. The summed E-state index contributed by atoms with van der Waals surface area (Å²) in [6, 6.07) is 6.31. The summed E-state index contributed by atoms with van der Waals surface area (Å²) in [5, 5.41) is 9.67. The molecule has 0 spiro atoms. The molecule has 0 aliphatic rings. The van der Waals surface area contributed by atoms with Crippen LogP contribution < -0.4 is 0 Å². The van der Waals surface area contributed by atoms with E-state index in [4.69, 9.17) is 5.11 Å². The zero-order valence-electron chi connectivity index (χ0n) is 12.3. The highest BCUT2D eigenvalue weighted by atomic mass is 32.2. The smallest absolute Gasteiger partial charge is 0.313 e. The van der Waals surface area contributed by atoms with Crippen LogP contribution in [0, 0.1) is 12.8 Å². The largest absolute Gasteiger partial charge is 0.481 e. The summed E-state index contributed by atoms with van der Waals surface area (Å²) in [5.41, 5.74) is 3.22. The molecule has 0 radical (unpaired) electrons. The van der Waals surface area contributed by atoms with Crippen molar-refractivity contribution in [2.24, 2.45) is 5.92 Å². The van der Waals surface area contributed by atoms with Gasteiger partial charge in [0, 0.05) is 6.04 Å². The minimum atomic E-state index is -0.817. The molecule has 2 rings (SSSR count). The van der Waals surface area contributed by atoms with E-state index in [0.29, 0.717) is 5.92 Å². The Morgan fingerprint density at radius 2 is 2.10 bits per heavy atom. The normalized spacial score (nSPS) is 13.1. The van der Waals surface area contributed by atoms with Crippen molar-refractivity contribution in [3.8, 4) is 0 Å². The molecule has 2 aromatic rings. The molecule has 0 aliphatic heterocycles. The maximum Gasteiger partial charge on any atom is 0.313 e. The second kappa shape index (κ2) is 5.87. The van der Waals surface area contributed by atoms with Crippen LogP contribution in [-0.4, -0.2) is 26.4 Å². The molecule has 0 saturated heterocycles. The van der Waals surface area contributed by atoms with Crippen LogP contribution in [0.4, 0.5) is 0 Å². The number of hydrogen-bond acceptors (Lipinski definition) is 3. The van der Waals surface area contributed by atoms with E-state index in [-0.39, 0.29) is 11.8 Å². The number of carboxylic acid groups (broad SMARTS) is 1. The Morgan fingerprint density at radius 1 is 1.40 bits per heavy atom. The van der Waals surface area contributed by atoms with Crippen LogP contribution in [0.3, 0.4) is 0 Å².